The van der Waals surface area contributed by atoms with Crippen molar-refractivity contribution in [3.05, 3.63) is 59.4 Å². The number of hydrogen-bond acceptors (Lipinski definition) is 4. The summed E-state index contributed by atoms with van der Waals surface area (Å²) in [6.45, 7) is 0. The molecule has 0 aliphatic rings. The third kappa shape index (κ3) is 3.01. The minimum absolute atomic E-state index is 0.00454. The number of aromatic amines is 1. The maximum absolute atomic E-state index is 8.80. The number of benzene rings is 1. The summed E-state index contributed by atoms with van der Waals surface area (Å²) in [6, 6.07) is 16.7. The number of aromatic nitrogens is 2. The van der Waals surface area contributed by atoms with Gasteiger partial charge in [-0.3, -0.25) is 0 Å². The molecule has 0 unspecified atom stereocenters. The molecule has 23 heavy (non-hydrogen) atoms. The van der Waals surface area contributed by atoms with Crippen molar-refractivity contribution in [3.63, 3.8) is 0 Å². The van der Waals surface area contributed by atoms with Gasteiger partial charge in [-0.1, -0.05) is 29.8 Å². The molecule has 0 aliphatic carbocycles. The van der Waals surface area contributed by atoms with Crippen LogP contribution in [0.15, 0.2) is 54.2 Å². The summed E-state index contributed by atoms with van der Waals surface area (Å²) in [7, 11) is 0. The number of rotatable bonds is 3. The Labute approximate surface area is 137 Å². The predicted molar refractivity (Wildman–Crippen MR) is 89.5 cm³/mol. The van der Waals surface area contributed by atoms with E-state index in [-0.39, 0.29) is 5.57 Å². The zero-order valence-corrected chi connectivity index (χ0v) is 12.6. The van der Waals surface area contributed by atoms with Crippen molar-refractivity contribution in [2.24, 2.45) is 0 Å². The molecule has 5 nitrogen and oxygen atoms in total. The maximum Gasteiger partial charge on any atom is 0.145 e. The average molecular weight is 320 g/mol. The minimum atomic E-state index is 0.00454. The average Bonchev–Trinajstić information content (AvgIpc) is 2.99. The number of H-pyrrole nitrogens is 1. The molecule has 6 heteroatoms. The van der Waals surface area contributed by atoms with Crippen LogP contribution in [0.2, 0.25) is 5.15 Å². The van der Waals surface area contributed by atoms with Gasteiger partial charge in [0.25, 0.3) is 0 Å². The fourth-order valence-electron chi connectivity index (χ4n) is 2.21. The second kappa shape index (κ2) is 6.23. The summed E-state index contributed by atoms with van der Waals surface area (Å²) in [4.78, 5) is 7.55. The molecule has 2 heterocycles. The van der Waals surface area contributed by atoms with Crippen molar-refractivity contribution in [3.8, 4) is 23.4 Å². The van der Waals surface area contributed by atoms with Crippen LogP contribution >= 0.6 is 11.6 Å². The van der Waals surface area contributed by atoms with Crippen molar-refractivity contribution in [2.45, 2.75) is 0 Å². The fourth-order valence-corrected chi connectivity index (χ4v) is 2.37. The van der Waals surface area contributed by atoms with E-state index in [1.54, 1.807) is 6.07 Å². The standard InChI is InChI=1S/C17H10ClN5/c18-17-6-5-14-16(23-17)7-15(22-14)12-3-1-2-4-13(12)21-10-11(8-19)9-20/h1-7,10,21-22H. The molecular formula is C17H10ClN5. The molecular weight excluding hydrogens is 310 g/mol. The summed E-state index contributed by atoms with van der Waals surface area (Å²) in [5.41, 5.74) is 4.19. The van der Waals surface area contributed by atoms with Crippen molar-refractivity contribution < 1.29 is 0 Å². The van der Waals surface area contributed by atoms with Gasteiger partial charge in [-0.25, -0.2) is 4.98 Å². The Kier molecular flexibility index (Phi) is 3.97. The quantitative estimate of drug-likeness (QED) is 0.558. The third-order valence-electron chi connectivity index (χ3n) is 3.27. The first-order chi connectivity index (χ1) is 11.2. The Bertz CT molecular complexity index is 972. The molecule has 0 amide bonds. The smallest absolute Gasteiger partial charge is 0.145 e. The lowest BCUT2D eigenvalue weighted by Crippen LogP contribution is -1.93. The highest BCUT2D eigenvalue weighted by molar-refractivity contribution is 6.29. The van der Waals surface area contributed by atoms with Gasteiger partial charge in [-0.15, -0.1) is 0 Å². The zero-order valence-electron chi connectivity index (χ0n) is 11.8. The number of halogens is 1. The summed E-state index contributed by atoms with van der Waals surface area (Å²) in [6.07, 6.45) is 1.39. The first kappa shape index (κ1) is 14.6. The Hall–Kier alpha value is -3.28. The Balaban J connectivity index is 2.04. The Morgan fingerprint density at radius 2 is 1.96 bits per heavy atom. The number of pyridine rings is 1. The number of para-hydroxylation sites is 1. The van der Waals surface area contributed by atoms with Crippen LogP contribution in [0.5, 0.6) is 0 Å². The molecule has 3 aromatic rings. The van der Waals surface area contributed by atoms with Crippen LogP contribution in [-0.2, 0) is 0 Å². The predicted octanol–water partition coefficient (Wildman–Crippen LogP) is 4.23. The largest absolute Gasteiger partial charge is 0.359 e. The molecule has 0 saturated heterocycles. The van der Waals surface area contributed by atoms with Crippen LogP contribution in [0, 0.1) is 22.7 Å². The van der Waals surface area contributed by atoms with Crippen LogP contribution in [0.4, 0.5) is 5.69 Å². The number of nitrogens with zero attached hydrogens (tertiary/aromatic N) is 3. The number of fused-ring (bicyclic) bond motifs is 1. The van der Waals surface area contributed by atoms with Gasteiger partial charge in [0.2, 0.25) is 0 Å². The van der Waals surface area contributed by atoms with Crippen LogP contribution in [-0.4, -0.2) is 9.97 Å². The Morgan fingerprint density at radius 1 is 1.17 bits per heavy atom. The summed E-state index contributed by atoms with van der Waals surface area (Å²) < 4.78 is 0. The molecule has 0 saturated carbocycles. The molecule has 0 atom stereocenters. The Morgan fingerprint density at radius 3 is 2.74 bits per heavy atom. The number of allylic oxidation sites excluding steroid dienone is 1. The topological polar surface area (TPSA) is 88.3 Å². The maximum atomic E-state index is 8.80. The molecule has 2 N–H and O–H groups in total. The molecule has 0 fully saturated rings. The van der Waals surface area contributed by atoms with Crippen LogP contribution in [0.3, 0.4) is 0 Å². The van der Waals surface area contributed by atoms with Crippen molar-refractivity contribution in [2.75, 3.05) is 5.32 Å². The van der Waals surface area contributed by atoms with E-state index in [1.165, 1.54) is 6.20 Å². The number of hydrogen-bond donors (Lipinski definition) is 2. The van der Waals surface area contributed by atoms with Crippen molar-refractivity contribution in [1.29, 1.82) is 10.5 Å². The zero-order chi connectivity index (χ0) is 16.2. The molecule has 0 spiro atoms. The second-order valence-corrected chi connectivity index (χ2v) is 5.11. The summed E-state index contributed by atoms with van der Waals surface area (Å²) in [5, 5.41) is 21.0. The lowest BCUT2D eigenvalue weighted by molar-refractivity contribution is 1.40. The molecule has 3 rings (SSSR count). The normalized spacial score (nSPS) is 9.87. The van der Waals surface area contributed by atoms with Crippen molar-refractivity contribution >= 4 is 28.3 Å². The monoisotopic (exact) mass is 319 g/mol. The molecule has 0 aliphatic heterocycles. The van der Waals surface area contributed by atoms with E-state index in [4.69, 9.17) is 22.1 Å². The van der Waals surface area contributed by atoms with E-state index < -0.39 is 0 Å². The molecule has 0 bridgehead atoms. The first-order valence-corrected chi connectivity index (χ1v) is 7.10. The van der Waals surface area contributed by atoms with Gasteiger partial charge >= 0.3 is 0 Å². The molecule has 0 radical (unpaired) electrons. The van der Waals surface area contributed by atoms with Gasteiger partial charge in [-0.2, -0.15) is 10.5 Å². The van der Waals surface area contributed by atoms with Crippen LogP contribution in [0.25, 0.3) is 22.3 Å². The molecule has 2 aromatic heterocycles. The lowest BCUT2D eigenvalue weighted by atomic mass is 10.1. The van der Waals surface area contributed by atoms with E-state index in [1.807, 2.05) is 48.5 Å². The van der Waals surface area contributed by atoms with E-state index in [0.29, 0.717) is 5.15 Å². The van der Waals surface area contributed by atoms with Crippen molar-refractivity contribution in [1.82, 2.24) is 9.97 Å². The van der Waals surface area contributed by atoms with Gasteiger partial charge in [0, 0.05) is 17.5 Å². The van der Waals surface area contributed by atoms with Gasteiger partial charge in [0.05, 0.1) is 16.7 Å². The highest BCUT2D eigenvalue weighted by Gasteiger charge is 2.08. The SMILES string of the molecule is N#CC(C#N)=CNc1ccccc1-c1cc2nc(Cl)ccc2[nH]1. The number of nitriles is 2. The van der Waals surface area contributed by atoms with Gasteiger partial charge < -0.3 is 10.3 Å². The molecule has 1 aromatic carbocycles. The van der Waals surface area contributed by atoms with Gasteiger partial charge in [-0.05, 0) is 24.3 Å². The summed E-state index contributed by atoms with van der Waals surface area (Å²) >= 11 is 5.92. The first-order valence-electron chi connectivity index (χ1n) is 6.73. The molecule has 110 valence electrons. The van der Waals surface area contributed by atoms with E-state index >= 15 is 0 Å². The van der Waals surface area contributed by atoms with Crippen LogP contribution < -0.4 is 5.32 Å². The van der Waals surface area contributed by atoms with E-state index in [0.717, 1.165) is 28.0 Å². The van der Waals surface area contributed by atoms with E-state index in [9.17, 15) is 0 Å². The van der Waals surface area contributed by atoms with Gasteiger partial charge in [0.1, 0.15) is 22.9 Å². The lowest BCUT2D eigenvalue weighted by Gasteiger charge is -2.07. The summed E-state index contributed by atoms with van der Waals surface area (Å²) in [5.74, 6) is 0. The second-order valence-electron chi connectivity index (χ2n) is 4.72. The van der Waals surface area contributed by atoms with E-state index in [2.05, 4.69) is 15.3 Å². The third-order valence-corrected chi connectivity index (χ3v) is 3.48. The van der Waals surface area contributed by atoms with Gasteiger partial charge in [0.15, 0.2) is 0 Å². The number of anilines is 1. The van der Waals surface area contributed by atoms with Crippen LogP contribution in [0.1, 0.15) is 0 Å². The number of nitrogens with one attached hydrogen (secondary N) is 2. The minimum Gasteiger partial charge on any atom is -0.359 e. The highest BCUT2D eigenvalue weighted by Crippen LogP contribution is 2.30. The highest BCUT2D eigenvalue weighted by atomic mass is 35.5. The fraction of sp³-hybridized carbons (Fsp3) is 0.